The van der Waals surface area contributed by atoms with Gasteiger partial charge in [-0.05, 0) is 0 Å². The maximum absolute atomic E-state index is 12.0. The SMILES string of the molecule is O=C([O-])C(F)(F)C(F)(F)S(=O)(=O)O.O=C([O-])C(F)(F)C(F)(F)S(=O)(=O)O.[Mg+2]. The Kier molecular flexibility index (Phi) is 9.71. The van der Waals surface area contributed by atoms with Crippen molar-refractivity contribution >= 4 is 55.2 Å². The van der Waals surface area contributed by atoms with Crippen LogP contribution in [0.25, 0.3) is 0 Å². The summed E-state index contributed by atoms with van der Waals surface area (Å²) in [5.74, 6) is -19.2. The van der Waals surface area contributed by atoms with Gasteiger partial charge in [0, 0.05) is 0 Å². The van der Waals surface area contributed by atoms with Crippen LogP contribution in [-0.4, -0.2) is 83.3 Å². The van der Waals surface area contributed by atoms with Gasteiger partial charge in [0.05, 0.1) is 0 Å². The van der Waals surface area contributed by atoms with Crippen LogP contribution in [0.15, 0.2) is 0 Å². The number of halogens is 8. The third-order valence-corrected chi connectivity index (χ3v) is 3.70. The van der Waals surface area contributed by atoms with E-state index in [0.717, 1.165) is 0 Å². The van der Waals surface area contributed by atoms with E-state index < -0.39 is 54.5 Å². The van der Waals surface area contributed by atoms with E-state index in [-0.39, 0.29) is 23.1 Å². The number of aliphatic carboxylic acids is 2. The molecule has 2 N–H and O–H groups in total. The van der Waals surface area contributed by atoms with Crippen molar-refractivity contribution < 1.29 is 80.9 Å². The quantitative estimate of drug-likeness (QED) is 0.233. The van der Waals surface area contributed by atoms with Crippen molar-refractivity contribution in [2.45, 2.75) is 22.4 Å². The van der Waals surface area contributed by atoms with Crippen molar-refractivity contribution in [3.8, 4) is 0 Å². The molecule has 0 rings (SSSR count). The molecule has 0 aliphatic heterocycles. The van der Waals surface area contributed by atoms with Gasteiger partial charge in [-0.25, -0.2) is 0 Å². The molecule has 156 valence electrons. The van der Waals surface area contributed by atoms with E-state index in [1.165, 1.54) is 0 Å². The van der Waals surface area contributed by atoms with Crippen molar-refractivity contribution in [2.75, 3.05) is 0 Å². The molecule has 0 aromatic carbocycles. The summed E-state index contributed by atoms with van der Waals surface area (Å²) in [5, 5.41) is 6.57. The zero-order chi connectivity index (χ0) is 22.2. The van der Waals surface area contributed by atoms with Gasteiger partial charge in [0.2, 0.25) is 0 Å². The van der Waals surface area contributed by atoms with E-state index in [4.69, 9.17) is 9.11 Å². The fourth-order valence-electron chi connectivity index (χ4n) is 0.562. The summed E-state index contributed by atoms with van der Waals surface area (Å²) in [6, 6.07) is 0. The second-order valence-electron chi connectivity index (χ2n) is 3.71. The standard InChI is InChI=1S/2C3H2F4O5S.Mg/c2*4-2(5,1(8)9)3(6,7)13(10,11)12;/h2*(H,8,9)(H,10,11,12);/q;;+2/p-2. The van der Waals surface area contributed by atoms with Crippen LogP contribution in [0.3, 0.4) is 0 Å². The largest absolute Gasteiger partial charge is 2.00 e. The summed E-state index contributed by atoms with van der Waals surface area (Å²) >= 11 is 0. The van der Waals surface area contributed by atoms with Gasteiger partial charge < -0.3 is 19.8 Å². The third-order valence-electron chi connectivity index (χ3n) is 1.89. The number of carbonyl (C=O) groups excluding carboxylic acids is 2. The van der Waals surface area contributed by atoms with E-state index in [1.54, 1.807) is 0 Å². The van der Waals surface area contributed by atoms with Gasteiger partial charge in [0.25, 0.3) is 0 Å². The number of carboxylic acids is 2. The van der Waals surface area contributed by atoms with Crippen LogP contribution >= 0.6 is 0 Å². The molecule has 0 heterocycles. The summed E-state index contributed by atoms with van der Waals surface area (Å²) in [5.41, 5.74) is 0. The van der Waals surface area contributed by atoms with Crippen LogP contribution in [0, 0.1) is 0 Å². The molecule has 0 saturated carbocycles. The molecule has 0 spiro atoms. The maximum atomic E-state index is 12.0. The van der Waals surface area contributed by atoms with Gasteiger partial charge in [0.15, 0.2) is 0 Å². The van der Waals surface area contributed by atoms with Crippen LogP contribution in [0.5, 0.6) is 0 Å². The number of hydrogen-bond donors (Lipinski definition) is 2. The van der Waals surface area contributed by atoms with Crippen molar-refractivity contribution in [1.29, 1.82) is 0 Å². The number of carboxylic acid groups (broad SMARTS) is 2. The summed E-state index contributed by atoms with van der Waals surface area (Å²) < 4.78 is 149. The second-order valence-corrected chi connectivity index (χ2v) is 6.63. The Bertz CT molecular complexity index is 710. The first-order valence-corrected chi connectivity index (χ1v) is 7.65. The first kappa shape index (κ1) is 30.7. The zero-order valence-electron chi connectivity index (χ0n) is 11.7. The average Bonchev–Trinajstić information content (AvgIpc) is 2.35. The summed E-state index contributed by atoms with van der Waals surface area (Å²) in [4.78, 5) is 18.8. The van der Waals surface area contributed by atoms with Gasteiger partial charge in [-0.3, -0.25) is 9.11 Å². The van der Waals surface area contributed by atoms with Gasteiger partial charge in [-0.15, -0.1) is 0 Å². The first-order chi connectivity index (χ1) is 10.9. The average molecular weight is 474 g/mol. The predicted molar refractivity (Wildman–Crippen MR) is 58.7 cm³/mol. The smallest absolute Gasteiger partial charge is 0.544 e. The first-order valence-electron chi connectivity index (χ1n) is 4.77. The minimum atomic E-state index is -6.51. The van der Waals surface area contributed by atoms with E-state index in [0.29, 0.717) is 0 Å². The predicted octanol–water partition coefficient (Wildman–Crippen LogP) is -2.68. The van der Waals surface area contributed by atoms with Crippen LogP contribution in [0.4, 0.5) is 35.1 Å². The monoisotopic (exact) mass is 474 g/mol. The third kappa shape index (κ3) is 5.97. The molecule has 0 amide bonds. The van der Waals surface area contributed by atoms with Gasteiger partial charge in [0.1, 0.15) is 11.9 Å². The summed E-state index contributed by atoms with van der Waals surface area (Å²) in [7, 11) is -13.0. The topological polar surface area (TPSA) is 189 Å². The summed E-state index contributed by atoms with van der Waals surface area (Å²) in [6.45, 7) is 0. The normalized spacial score (nSPS) is 13.7. The number of alkyl halides is 8. The van der Waals surface area contributed by atoms with E-state index in [9.17, 15) is 71.8 Å². The van der Waals surface area contributed by atoms with Crippen LogP contribution in [0.2, 0.25) is 0 Å². The molecule has 0 unspecified atom stereocenters. The van der Waals surface area contributed by atoms with Gasteiger partial charge in [-0.2, -0.15) is 52.0 Å². The van der Waals surface area contributed by atoms with Crippen LogP contribution in [0.1, 0.15) is 0 Å². The van der Waals surface area contributed by atoms with Crippen molar-refractivity contribution in [3.05, 3.63) is 0 Å². The molecule has 21 heteroatoms. The number of hydrogen-bond acceptors (Lipinski definition) is 8. The molecule has 0 aromatic heterocycles. The Labute approximate surface area is 158 Å². The Morgan fingerprint density at radius 2 is 0.778 bits per heavy atom. The van der Waals surface area contributed by atoms with Crippen molar-refractivity contribution in [1.82, 2.24) is 0 Å². The fraction of sp³-hybridized carbons (Fsp3) is 0.667. The number of rotatable bonds is 6. The molecule has 0 bridgehead atoms. The van der Waals surface area contributed by atoms with Crippen molar-refractivity contribution in [2.24, 2.45) is 0 Å². The van der Waals surface area contributed by atoms with Crippen LogP contribution < -0.4 is 10.2 Å². The Morgan fingerprint density at radius 1 is 0.630 bits per heavy atom. The molecule has 0 aliphatic rings. The molecule has 0 saturated heterocycles. The molecule has 0 radical (unpaired) electrons. The molecule has 0 atom stereocenters. The Morgan fingerprint density at radius 3 is 0.815 bits per heavy atom. The minimum Gasteiger partial charge on any atom is -0.544 e. The molecule has 0 aliphatic carbocycles. The molecule has 0 aromatic rings. The van der Waals surface area contributed by atoms with Gasteiger partial charge >= 0.3 is 65.6 Å². The number of carbonyl (C=O) groups is 2. The zero-order valence-corrected chi connectivity index (χ0v) is 14.8. The van der Waals surface area contributed by atoms with E-state index >= 15 is 0 Å². The fourth-order valence-corrected chi connectivity index (χ4v) is 1.38. The minimum absolute atomic E-state index is 0. The Hall–Kier alpha value is -1.03. The molecular formula is C6H2F8MgO10S2. The van der Waals surface area contributed by atoms with Crippen LogP contribution in [-0.2, 0) is 29.8 Å². The van der Waals surface area contributed by atoms with Crippen molar-refractivity contribution in [3.63, 3.8) is 0 Å². The second kappa shape index (κ2) is 8.54. The summed E-state index contributed by atoms with van der Waals surface area (Å²) in [6.07, 6.45) is 0. The van der Waals surface area contributed by atoms with E-state index in [1.807, 2.05) is 0 Å². The molecule has 27 heavy (non-hydrogen) atoms. The molecular weight excluding hydrogens is 472 g/mol. The molecule has 0 fully saturated rings. The maximum Gasteiger partial charge on any atom is 2.00 e. The Balaban J connectivity index is -0.000000411. The van der Waals surface area contributed by atoms with Gasteiger partial charge in [-0.1, -0.05) is 0 Å². The molecule has 10 nitrogen and oxygen atoms in total. The van der Waals surface area contributed by atoms with E-state index in [2.05, 4.69) is 0 Å².